The Bertz CT molecular complexity index is 1000. The van der Waals surface area contributed by atoms with E-state index < -0.39 is 59.9 Å². The normalized spacial score (nSPS) is 28.4. The van der Waals surface area contributed by atoms with Gasteiger partial charge in [-0.2, -0.15) is 0 Å². The molecular formula is C30H56N8O8. The van der Waals surface area contributed by atoms with E-state index in [0.29, 0.717) is 0 Å². The topological polar surface area (TPSA) is 302 Å². The quantitative estimate of drug-likeness (QED) is 0.0820. The summed E-state index contributed by atoms with van der Waals surface area (Å²) in [5.41, 5.74) is 21.8. The van der Waals surface area contributed by atoms with E-state index in [9.17, 15) is 39.6 Å². The first-order chi connectivity index (χ1) is 21.4. The van der Waals surface area contributed by atoms with Crippen LogP contribution in [0.1, 0.15) is 80.1 Å². The van der Waals surface area contributed by atoms with Crippen molar-refractivity contribution < 1.29 is 39.6 Å². The number of amides is 2. The molecule has 0 bridgehead atoms. The summed E-state index contributed by atoms with van der Waals surface area (Å²) < 4.78 is 0. The van der Waals surface area contributed by atoms with Crippen molar-refractivity contribution in [2.75, 3.05) is 0 Å². The van der Waals surface area contributed by atoms with Gasteiger partial charge in [0.25, 0.3) is 0 Å². The molecule has 14 N–H and O–H groups in total. The molecule has 46 heavy (non-hydrogen) atoms. The fourth-order valence-corrected chi connectivity index (χ4v) is 7.28. The van der Waals surface area contributed by atoms with Gasteiger partial charge in [-0.25, -0.2) is 9.98 Å². The highest BCUT2D eigenvalue weighted by Gasteiger charge is 2.52. The Kier molecular flexibility index (Phi) is 16.2. The van der Waals surface area contributed by atoms with Gasteiger partial charge in [-0.15, -0.1) is 0 Å². The Hall–Kier alpha value is -3.66. The predicted molar refractivity (Wildman–Crippen MR) is 173 cm³/mol. The predicted octanol–water partition coefficient (Wildman–Crippen LogP) is -0.698. The average Bonchev–Trinajstić information content (AvgIpc) is 3.43. The van der Waals surface area contributed by atoms with Crippen molar-refractivity contribution in [2.24, 2.45) is 68.4 Å². The number of carbonyl (C=O) groups is 4. The zero-order valence-electron chi connectivity index (χ0n) is 27.8. The molecule has 0 aromatic heterocycles. The van der Waals surface area contributed by atoms with Crippen molar-refractivity contribution in [2.45, 2.75) is 116 Å². The fourth-order valence-electron chi connectivity index (χ4n) is 7.28. The van der Waals surface area contributed by atoms with E-state index in [2.05, 4.69) is 20.6 Å². The van der Waals surface area contributed by atoms with Gasteiger partial charge in [0.2, 0.25) is 11.8 Å². The van der Waals surface area contributed by atoms with Crippen LogP contribution in [-0.2, 0) is 19.2 Å². The number of aliphatic hydroxyl groups is 2. The van der Waals surface area contributed by atoms with Crippen molar-refractivity contribution in [3.8, 4) is 0 Å². The molecule has 2 fully saturated rings. The van der Waals surface area contributed by atoms with Crippen molar-refractivity contribution in [1.29, 1.82) is 0 Å². The molecule has 10 atom stereocenters. The Morgan fingerprint density at radius 3 is 1.13 bits per heavy atom. The van der Waals surface area contributed by atoms with Crippen LogP contribution in [0.3, 0.4) is 0 Å². The van der Waals surface area contributed by atoms with Crippen LogP contribution in [0.15, 0.2) is 9.98 Å². The standard InChI is InChI=1S/2C15H28N4O4/c2*1-4-8(5-2)12(18-7(3)20)11-10(19-15(16)17)6-9(13(11)21)14(22)23/h2*8-13,21H,4-6H2,1-3H3,(H,18,20)(H,22,23)(H4,16,17,19)/t9-,10+,11+,12?,13+;/m0./s1. The number of rotatable bonds is 14. The van der Waals surface area contributed by atoms with E-state index in [0.717, 1.165) is 25.7 Å². The summed E-state index contributed by atoms with van der Waals surface area (Å²) in [5.74, 6) is -5.67. The number of nitrogens with one attached hydrogen (secondary N) is 2. The van der Waals surface area contributed by atoms with Crippen LogP contribution >= 0.6 is 0 Å². The van der Waals surface area contributed by atoms with Gasteiger partial charge < -0.3 is 54.0 Å². The molecule has 0 radical (unpaired) electrons. The smallest absolute Gasteiger partial charge is 0.309 e. The van der Waals surface area contributed by atoms with Crippen molar-refractivity contribution >= 4 is 35.7 Å². The van der Waals surface area contributed by atoms with Crippen LogP contribution in [0.4, 0.5) is 0 Å². The maximum atomic E-state index is 11.6. The highest BCUT2D eigenvalue weighted by Crippen LogP contribution is 2.40. The number of hydrogen-bond donors (Lipinski definition) is 10. The van der Waals surface area contributed by atoms with Crippen molar-refractivity contribution in [3.63, 3.8) is 0 Å². The molecule has 2 aliphatic carbocycles. The molecule has 2 amide bonds. The molecule has 0 heterocycles. The summed E-state index contributed by atoms with van der Waals surface area (Å²) >= 11 is 0. The fraction of sp³-hybridized carbons (Fsp3) is 0.800. The third-order valence-corrected chi connectivity index (χ3v) is 9.44. The van der Waals surface area contributed by atoms with Gasteiger partial charge in [-0.1, -0.05) is 53.4 Å². The second-order valence-corrected chi connectivity index (χ2v) is 12.3. The third kappa shape index (κ3) is 10.7. The minimum atomic E-state index is -1.11. The number of carboxylic acids is 2. The van der Waals surface area contributed by atoms with E-state index in [1.165, 1.54) is 13.8 Å². The van der Waals surface area contributed by atoms with Gasteiger partial charge in [0, 0.05) is 37.8 Å². The lowest BCUT2D eigenvalue weighted by Gasteiger charge is -2.35. The number of aliphatic carboxylic acids is 2. The number of guanidine groups is 2. The van der Waals surface area contributed by atoms with Crippen LogP contribution in [0, 0.1) is 35.5 Å². The maximum Gasteiger partial charge on any atom is 0.309 e. The number of nitrogens with two attached hydrogens (primary N) is 4. The maximum absolute atomic E-state index is 11.6. The SMILES string of the molecule is CCC(CC)C(NC(C)=O)C1C(N=C(N)N)CC(C(=O)O)C1O.CCC(CC)C(NC(C)=O)[C@@H]1[C@H](O)[C@@H](C(=O)O)C[C@H]1N=C(N)N. The van der Waals surface area contributed by atoms with Gasteiger partial charge in [-0.05, 0) is 24.7 Å². The molecule has 0 aliphatic heterocycles. The summed E-state index contributed by atoms with van der Waals surface area (Å²) in [6.45, 7) is 10.8. The summed E-state index contributed by atoms with van der Waals surface area (Å²) in [6.07, 6.45) is 1.22. The van der Waals surface area contributed by atoms with Crippen LogP contribution in [-0.4, -0.2) is 92.5 Å². The molecule has 2 aliphatic rings. The molecule has 0 spiro atoms. The first-order valence-electron chi connectivity index (χ1n) is 16.0. The zero-order chi connectivity index (χ0) is 35.5. The van der Waals surface area contributed by atoms with E-state index in [4.69, 9.17) is 22.9 Å². The van der Waals surface area contributed by atoms with Gasteiger partial charge in [-0.3, -0.25) is 19.2 Å². The van der Waals surface area contributed by atoms with Gasteiger partial charge in [0.1, 0.15) is 0 Å². The Labute approximate surface area is 270 Å². The zero-order valence-corrected chi connectivity index (χ0v) is 27.8. The van der Waals surface area contributed by atoms with Gasteiger partial charge in [0.05, 0.1) is 36.1 Å². The molecule has 2 saturated carbocycles. The lowest BCUT2D eigenvalue weighted by Crippen LogP contribution is -2.51. The highest BCUT2D eigenvalue weighted by atomic mass is 16.4. The number of nitrogens with zero attached hydrogens (tertiary/aromatic N) is 2. The Balaban J connectivity index is 0.000000460. The Morgan fingerprint density at radius 1 is 0.652 bits per heavy atom. The molecule has 16 heteroatoms. The molecule has 16 nitrogen and oxygen atoms in total. The van der Waals surface area contributed by atoms with Crippen molar-refractivity contribution in [3.05, 3.63) is 0 Å². The summed E-state index contributed by atoms with van der Waals surface area (Å²) in [4.78, 5) is 54.2. The summed E-state index contributed by atoms with van der Waals surface area (Å²) in [7, 11) is 0. The van der Waals surface area contributed by atoms with Crippen LogP contribution in [0.2, 0.25) is 0 Å². The minimum absolute atomic E-state index is 0.0998. The second-order valence-electron chi connectivity index (χ2n) is 12.3. The van der Waals surface area contributed by atoms with Crippen LogP contribution in [0.25, 0.3) is 0 Å². The number of aliphatic hydroxyl groups excluding tert-OH is 2. The molecule has 6 unspecified atom stereocenters. The van der Waals surface area contributed by atoms with E-state index >= 15 is 0 Å². The second kappa shape index (κ2) is 18.5. The first-order valence-corrected chi connectivity index (χ1v) is 16.0. The summed E-state index contributed by atoms with van der Waals surface area (Å²) in [6, 6.07) is -1.83. The van der Waals surface area contributed by atoms with E-state index in [1.807, 2.05) is 27.7 Å². The lowest BCUT2D eigenvalue weighted by molar-refractivity contribution is -0.146. The minimum Gasteiger partial charge on any atom is -0.481 e. The van der Waals surface area contributed by atoms with E-state index in [-0.39, 0.29) is 60.5 Å². The molecule has 0 saturated heterocycles. The average molecular weight is 657 g/mol. The van der Waals surface area contributed by atoms with E-state index in [1.54, 1.807) is 0 Å². The molecule has 0 aromatic rings. The number of aliphatic imine (C=N–C) groups is 2. The highest BCUT2D eigenvalue weighted by molar-refractivity contribution is 5.77. The van der Waals surface area contributed by atoms with Crippen LogP contribution in [0.5, 0.6) is 0 Å². The number of carboxylic acid groups (broad SMARTS) is 2. The molecule has 264 valence electrons. The number of hydrogen-bond acceptors (Lipinski definition) is 8. The molecule has 2 rings (SSSR count). The lowest BCUT2D eigenvalue weighted by atomic mass is 9.80. The van der Waals surface area contributed by atoms with Crippen molar-refractivity contribution in [1.82, 2.24) is 10.6 Å². The van der Waals surface area contributed by atoms with Crippen LogP contribution < -0.4 is 33.6 Å². The van der Waals surface area contributed by atoms with Gasteiger partial charge >= 0.3 is 11.9 Å². The molecule has 0 aromatic carbocycles. The first kappa shape index (κ1) is 40.4. The largest absolute Gasteiger partial charge is 0.481 e. The number of carbonyl (C=O) groups excluding carboxylic acids is 2. The Morgan fingerprint density at radius 2 is 0.935 bits per heavy atom. The molecular weight excluding hydrogens is 600 g/mol. The monoisotopic (exact) mass is 656 g/mol. The van der Waals surface area contributed by atoms with Gasteiger partial charge in [0.15, 0.2) is 11.9 Å². The summed E-state index contributed by atoms with van der Waals surface area (Å²) in [5, 5.41) is 45.5. The third-order valence-electron chi connectivity index (χ3n) is 9.44.